The van der Waals surface area contributed by atoms with Crippen molar-refractivity contribution in [3.8, 4) is 0 Å². The second kappa shape index (κ2) is 7.90. The number of anilines is 1. The molecule has 1 heterocycles. The molecular weight excluding hydrogens is 391 g/mol. The number of amides is 2. The van der Waals surface area contributed by atoms with Crippen molar-refractivity contribution in [1.29, 1.82) is 0 Å². The summed E-state index contributed by atoms with van der Waals surface area (Å²) in [5, 5.41) is 3.11. The smallest absolute Gasteiger partial charge is 0.324 e. The summed E-state index contributed by atoms with van der Waals surface area (Å²) in [4.78, 5) is 31.8. The molecule has 0 aliphatic heterocycles. The molecule has 1 N–H and O–H groups in total. The van der Waals surface area contributed by atoms with Crippen molar-refractivity contribution in [2.24, 2.45) is 0 Å². The van der Waals surface area contributed by atoms with Crippen molar-refractivity contribution in [3.63, 3.8) is 0 Å². The number of thiazole rings is 1. The molecule has 2 aromatic rings. The van der Waals surface area contributed by atoms with Gasteiger partial charge in [0.2, 0.25) is 5.91 Å². The van der Waals surface area contributed by atoms with Crippen LogP contribution in [0.3, 0.4) is 0 Å². The molecule has 0 unspecified atom stereocenters. The molecule has 0 bridgehead atoms. The Bertz CT molecular complexity index is 849. The summed E-state index contributed by atoms with van der Waals surface area (Å²) in [7, 11) is 0. The van der Waals surface area contributed by atoms with Gasteiger partial charge in [-0.1, -0.05) is 0 Å². The molecule has 1 aromatic heterocycles. The quantitative estimate of drug-likeness (QED) is 0.793. The van der Waals surface area contributed by atoms with Gasteiger partial charge in [-0.3, -0.25) is 9.59 Å². The van der Waals surface area contributed by atoms with Gasteiger partial charge >= 0.3 is 6.18 Å². The van der Waals surface area contributed by atoms with Crippen LogP contribution in [-0.4, -0.2) is 33.8 Å². The average molecular weight is 413 g/mol. The van der Waals surface area contributed by atoms with Gasteiger partial charge in [-0.15, -0.1) is 11.3 Å². The lowest BCUT2D eigenvalue weighted by molar-refractivity contribution is -0.137. The Morgan fingerprint density at radius 3 is 2.11 bits per heavy atom. The van der Waals surface area contributed by atoms with E-state index in [1.54, 1.807) is 20.8 Å². The summed E-state index contributed by atoms with van der Waals surface area (Å²) in [6.07, 6.45) is -4.48. The van der Waals surface area contributed by atoms with Gasteiger partial charge in [0.1, 0.15) is 6.54 Å². The van der Waals surface area contributed by atoms with Gasteiger partial charge in [0.15, 0.2) is 5.13 Å². The molecule has 152 valence electrons. The molecule has 0 fully saturated rings. The van der Waals surface area contributed by atoms with Crippen LogP contribution in [0.15, 0.2) is 24.3 Å². The maximum absolute atomic E-state index is 12.9. The highest BCUT2D eigenvalue weighted by molar-refractivity contribution is 7.15. The van der Waals surface area contributed by atoms with E-state index in [9.17, 15) is 22.8 Å². The molecular formula is C19H22F3N3O2S. The fourth-order valence-electron chi connectivity index (χ4n) is 2.40. The van der Waals surface area contributed by atoms with E-state index in [1.165, 1.54) is 16.2 Å². The lowest BCUT2D eigenvalue weighted by Crippen LogP contribution is -2.49. The number of aromatic nitrogens is 1. The third kappa shape index (κ3) is 5.31. The minimum Gasteiger partial charge on any atom is -0.324 e. The van der Waals surface area contributed by atoms with Crippen molar-refractivity contribution in [2.75, 3.05) is 11.9 Å². The number of carbonyl (C=O) groups is 2. The van der Waals surface area contributed by atoms with E-state index in [0.717, 1.165) is 34.8 Å². The minimum absolute atomic E-state index is 0.0802. The van der Waals surface area contributed by atoms with Gasteiger partial charge in [0.25, 0.3) is 5.91 Å². The monoisotopic (exact) mass is 413 g/mol. The van der Waals surface area contributed by atoms with Crippen LogP contribution in [0, 0.1) is 13.8 Å². The van der Waals surface area contributed by atoms with Gasteiger partial charge in [-0.05, 0) is 58.9 Å². The molecule has 0 spiro atoms. The molecule has 28 heavy (non-hydrogen) atoms. The lowest BCUT2D eigenvalue weighted by atomic mass is 10.0. The molecule has 0 saturated carbocycles. The number of hydrogen-bond acceptors (Lipinski definition) is 4. The van der Waals surface area contributed by atoms with Crippen molar-refractivity contribution < 1.29 is 22.8 Å². The molecule has 1 aromatic carbocycles. The molecule has 0 saturated heterocycles. The second-order valence-electron chi connectivity index (χ2n) is 7.35. The zero-order chi connectivity index (χ0) is 21.3. The summed E-state index contributed by atoms with van der Waals surface area (Å²) in [5.74, 6) is -0.952. The Kier molecular flexibility index (Phi) is 6.18. The number of rotatable bonds is 4. The summed E-state index contributed by atoms with van der Waals surface area (Å²) in [6.45, 7) is 8.72. The van der Waals surface area contributed by atoms with Crippen LogP contribution in [0.1, 0.15) is 47.3 Å². The van der Waals surface area contributed by atoms with Crippen LogP contribution in [0.2, 0.25) is 0 Å². The Balaban J connectivity index is 2.18. The standard InChI is InChI=1S/C19H22F3N3O2S/c1-11-12(2)28-17(23-11)24-15(26)10-25(18(3,4)5)16(27)13-6-8-14(9-7-13)19(20,21)22/h6-9H,10H2,1-5H3,(H,23,24,26). The first-order valence-corrected chi connectivity index (χ1v) is 9.34. The van der Waals surface area contributed by atoms with Crippen molar-refractivity contribution in [3.05, 3.63) is 46.0 Å². The fraction of sp³-hybridized carbons (Fsp3) is 0.421. The zero-order valence-corrected chi connectivity index (χ0v) is 17.1. The van der Waals surface area contributed by atoms with Gasteiger partial charge in [0, 0.05) is 16.0 Å². The van der Waals surface area contributed by atoms with E-state index in [0.29, 0.717) is 5.13 Å². The minimum atomic E-state index is -4.48. The van der Waals surface area contributed by atoms with Crippen LogP contribution in [0.5, 0.6) is 0 Å². The first-order valence-electron chi connectivity index (χ1n) is 8.52. The molecule has 0 radical (unpaired) electrons. The molecule has 0 aliphatic rings. The first kappa shape index (κ1) is 21.9. The number of alkyl halides is 3. The largest absolute Gasteiger partial charge is 0.416 e. The van der Waals surface area contributed by atoms with E-state index < -0.39 is 29.1 Å². The van der Waals surface area contributed by atoms with E-state index >= 15 is 0 Å². The maximum atomic E-state index is 12.9. The number of benzene rings is 1. The Morgan fingerprint density at radius 2 is 1.68 bits per heavy atom. The molecule has 5 nitrogen and oxygen atoms in total. The highest BCUT2D eigenvalue weighted by Gasteiger charge is 2.32. The van der Waals surface area contributed by atoms with Crippen molar-refractivity contribution in [1.82, 2.24) is 9.88 Å². The number of nitrogens with one attached hydrogen (secondary N) is 1. The normalized spacial score (nSPS) is 12.0. The first-order chi connectivity index (χ1) is 12.8. The van der Waals surface area contributed by atoms with E-state index in [2.05, 4.69) is 10.3 Å². The van der Waals surface area contributed by atoms with Gasteiger partial charge in [-0.2, -0.15) is 13.2 Å². The zero-order valence-electron chi connectivity index (χ0n) is 16.3. The highest BCUT2D eigenvalue weighted by Crippen LogP contribution is 2.29. The highest BCUT2D eigenvalue weighted by atomic mass is 32.1. The second-order valence-corrected chi connectivity index (χ2v) is 8.55. The molecule has 2 amide bonds. The number of carbonyl (C=O) groups excluding carboxylic acids is 2. The number of hydrogen-bond donors (Lipinski definition) is 1. The number of halogens is 3. The van der Waals surface area contributed by atoms with Crippen molar-refractivity contribution >= 4 is 28.3 Å². The van der Waals surface area contributed by atoms with E-state index in [4.69, 9.17) is 0 Å². The predicted molar refractivity (Wildman–Crippen MR) is 102 cm³/mol. The molecule has 0 aliphatic carbocycles. The molecule has 2 rings (SSSR count). The van der Waals surface area contributed by atoms with Crippen LogP contribution >= 0.6 is 11.3 Å². The van der Waals surface area contributed by atoms with Gasteiger partial charge in [0.05, 0.1) is 11.3 Å². The van der Waals surface area contributed by atoms with Crippen LogP contribution < -0.4 is 5.32 Å². The average Bonchev–Trinajstić information content (AvgIpc) is 2.88. The maximum Gasteiger partial charge on any atom is 0.416 e. The molecule has 9 heteroatoms. The number of aryl methyl sites for hydroxylation is 2. The Hall–Kier alpha value is -2.42. The fourth-order valence-corrected chi connectivity index (χ4v) is 3.23. The van der Waals surface area contributed by atoms with Crippen LogP contribution in [0.25, 0.3) is 0 Å². The Labute approximate surface area is 165 Å². The predicted octanol–water partition coefficient (Wildman–Crippen LogP) is 4.66. The van der Waals surface area contributed by atoms with E-state index in [-0.39, 0.29) is 12.1 Å². The summed E-state index contributed by atoms with van der Waals surface area (Å²) < 4.78 is 38.2. The summed E-state index contributed by atoms with van der Waals surface area (Å²) in [5.41, 5.74) is -0.657. The number of nitrogens with zero attached hydrogens (tertiary/aromatic N) is 2. The summed E-state index contributed by atoms with van der Waals surface area (Å²) >= 11 is 1.33. The topological polar surface area (TPSA) is 62.3 Å². The van der Waals surface area contributed by atoms with Crippen molar-refractivity contribution in [2.45, 2.75) is 46.3 Å². The van der Waals surface area contributed by atoms with Crippen LogP contribution in [-0.2, 0) is 11.0 Å². The lowest BCUT2D eigenvalue weighted by Gasteiger charge is -2.35. The third-order valence-electron chi connectivity index (χ3n) is 4.09. The molecule has 0 atom stereocenters. The third-order valence-corrected chi connectivity index (χ3v) is 5.08. The Morgan fingerprint density at radius 1 is 1.11 bits per heavy atom. The van der Waals surface area contributed by atoms with Gasteiger partial charge < -0.3 is 10.2 Å². The van der Waals surface area contributed by atoms with Crippen LogP contribution in [0.4, 0.5) is 18.3 Å². The summed E-state index contributed by atoms with van der Waals surface area (Å²) in [6, 6.07) is 3.95. The van der Waals surface area contributed by atoms with E-state index in [1.807, 2.05) is 13.8 Å². The van der Waals surface area contributed by atoms with Gasteiger partial charge in [-0.25, -0.2) is 4.98 Å². The SMILES string of the molecule is Cc1nc(NC(=O)CN(C(=O)c2ccc(C(F)(F)F)cc2)C(C)(C)C)sc1C.